The lowest BCUT2D eigenvalue weighted by Gasteiger charge is -2.13. The zero-order valence-electron chi connectivity index (χ0n) is 20.0. The van der Waals surface area contributed by atoms with Crippen molar-refractivity contribution in [1.82, 2.24) is 4.57 Å². The zero-order valence-corrected chi connectivity index (χ0v) is 20.0. The minimum Gasteiger partial charge on any atom is -0.495 e. The fraction of sp³-hybridized carbons (Fsp3) is 0.269. The van der Waals surface area contributed by atoms with Crippen LogP contribution in [0.5, 0.6) is 5.75 Å². The first-order valence-electron chi connectivity index (χ1n) is 10.9. The highest BCUT2D eigenvalue weighted by Gasteiger charge is 2.28. The highest BCUT2D eigenvalue weighted by atomic mass is 16.5. The van der Waals surface area contributed by atoms with Crippen LogP contribution in [0.3, 0.4) is 0 Å². The molecule has 0 fully saturated rings. The fourth-order valence-electron chi connectivity index (χ4n) is 3.93. The van der Waals surface area contributed by atoms with Gasteiger partial charge >= 0.3 is 5.97 Å². The molecule has 0 atom stereocenters. The maximum absolute atomic E-state index is 13.4. The smallest absolute Gasteiger partial charge is 0.355 e. The third kappa shape index (κ3) is 5.28. The number of hydrogen-bond donors (Lipinski definition) is 2. The van der Waals surface area contributed by atoms with Gasteiger partial charge in [0.25, 0.3) is 5.91 Å². The molecule has 8 heteroatoms. The molecule has 2 N–H and O–H groups in total. The number of nitrogens with zero attached hydrogens (tertiary/aromatic N) is 1. The van der Waals surface area contributed by atoms with E-state index in [-0.39, 0.29) is 12.5 Å². The van der Waals surface area contributed by atoms with Gasteiger partial charge in [-0.2, -0.15) is 0 Å². The van der Waals surface area contributed by atoms with E-state index in [2.05, 4.69) is 10.6 Å². The molecular formula is C26H29N3O5. The second kappa shape index (κ2) is 10.7. The Hall–Kier alpha value is -4.07. The summed E-state index contributed by atoms with van der Waals surface area (Å²) < 4.78 is 12.5. The predicted octanol–water partition coefficient (Wildman–Crippen LogP) is 4.55. The van der Waals surface area contributed by atoms with Crippen molar-refractivity contribution < 1.29 is 23.9 Å². The lowest BCUT2D eigenvalue weighted by molar-refractivity contribution is -0.114. The van der Waals surface area contributed by atoms with E-state index < -0.39 is 11.9 Å². The van der Waals surface area contributed by atoms with Gasteiger partial charge in [0.2, 0.25) is 5.91 Å². The average Bonchev–Trinajstić information content (AvgIpc) is 3.03. The molecule has 0 spiro atoms. The van der Waals surface area contributed by atoms with Crippen molar-refractivity contribution in [3.63, 3.8) is 0 Å². The SMILES string of the molecule is CCOC(=O)c1c(C)c(C(=O)Nc2cc(NC(C)=O)ccc2OC)c(C)n1Cc1ccccc1. The van der Waals surface area contributed by atoms with Crippen LogP contribution in [0.15, 0.2) is 48.5 Å². The Morgan fingerprint density at radius 1 is 1.00 bits per heavy atom. The van der Waals surface area contributed by atoms with Crippen molar-refractivity contribution in [3.8, 4) is 5.75 Å². The fourth-order valence-corrected chi connectivity index (χ4v) is 3.93. The minimum atomic E-state index is -0.483. The molecule has 0 aliphatic heterocycles. The van der Waals surface area contributed by atoms with E-state index in [0.29, 0.717) is 46.2 Å². The summed E-state index contributed by atoms with van der Waals surface area (Å²) in [6.45, 7) is 7.33. The Morgan fingerprint density at radius 2 is 1.71 bits per heavy atom. The zero-order chi connectivity index (χ0) is 24.8. The number of nitrogens with one attached hydrogen (secondary N) is 2. The van der Waals surface area contributed by atoms with Gasteiger partial charge in [-0.25, -0.2) is 4.79 Å². The molecule has 3 rings (SSSR count). The third-order valence-corrected chi connectivity index (χ3v) is 5.41. The van der Waals surface area contributed by atoms with Crippen LogP contribution in [0, 0.1) is 13.8 Å². The first-order valence-corrected chi connectivity index (χ1v) is 10.9. The molecule has 1 heterocycles. The summed E-state index contributed by atoms with van der Waals surface area (Å²) in [7, 11) is 1.49. The van der Waals surface area contributed by atoms with E-state index in [1.165, 1.54) is 14.0 Å². The van der Waals surface area contributed by atoms with Crippen LogP contribution in [-0.4, -0.2) is 36.1 Å². The summed E-state index contributed by atoms with van der Waals surface area (Å²) in [5.41, 5.74) is 3.79. The Labute approximate surface area is 198 Å². The average molecular weight is 464 g/mol. The van der Waals surface area contributed by atoms with Gasteiger partial charge in [0.15, 0.2) is 0 Å². The lowest BCUT2D eigenvalue weighted by atomic mass is 10.1. The van der Waals surface area contributed by atoms with Crippen LogP contribution in [0.2, 0.25) is 0 Å². The largest absolute Gasteiger partial charge is 0.495 e. The molecule has 2 amide bonds. The van der Waals surface area contributed by atoms with E-state index in [0.717, 1.165) is 5.56 Å². The number of benzene rings is 2. The Morgan fingerprint density at radius 3 is 2.32 bits per heavy atom. The normalized spacial score (nSPS) is 10.5. The van der Waals surface area contributed by atoms with Gasteiger partial charge in [-0.1, -0.05) is 30.3 Å². The van der Waals surface area contributed by atoms with Crippen LogP contribution < -0.4 is 15.4 Å². The molecule has 3 aromatic rings. The van der Waals surface area contributed by atoms with Crippen molar-refractivity contribution in [2.75, 3.05) is 24.4 Å². The Kier molecular flexibility index (Phi) is 7.73. The number of methoxy groups -OCH3 is 1. The standard InChI is InChI=1S/C26H29N3O5/c1-6-34-26(32)24-16(2)23(17(3)29(24)15-19-10-8-7-9-11-19)25(31)28-21-14-20(27-18(4)30)12-13-22(21)33-5/h7-14H,6,15H2,1-5H3,(H,27,30)(H,28,31). The van der Waals surface area contributed by atoms with Crippen LogP contribution >= 0.6 is 0 Å². The van der Waals surface area contributed by atoms with E-state index in [1.54, 1.807) is 39.0 Å². The molecule has 0 unspecified atom stereocenters. The number of anilines is 2. The maximum atomic E-state index is 13.4. The number of amides is 2. The number of esters is 1. The Bertz CT molecular complexity index is 1210. The quantitative estimate of drug-likeness (QED) is 0.478. The highest BCUT2D eigenvalue weighted by Crippen LogP contribution is 2.30. The van der Waals surface area contributed by atoms with Crippen LogP contribution in [0.1, 0.15) is 51.5 Å². The van der Waals surface area contributed by atoms with Crippen molar-refractivity contribution in [2.45, 2.75) is 34.2 Å². The molecule has 0 aliphatic carbocycles. The van der Waals surface area contributed by atoms with Crippen molar-refractivity contribution in [2.24, 2.45) is 0 Å². The number of ether oxygens (including phenoxy) is 2. The summed E-state index contributed by atoms with van der Waals surface area (Å²) in [6.07, 6.45) is 0. The van der Waals surface area contributed by atoms with Crippen molar-refractivity contribution >= 4 is 29.2 Å². The van der Waals surface area contributed by atoms with Crippen LogP contribution in [0.25, 0.3) is 0 Å². The summed E-state index contributed by atoms with van der Waals surface area (Å²) in [6, 6.07) is 14.7. The summed E-state index contributed by atoms with van der Waals surface area (Å²) in [5.74, 6) is -0.674. The maximum Gasteiger partial charge on any atom is 0.355 e. The van der Waals surface area contributed by atoms with Crippen molar-refractivity contribution in [1.29, 1.82) is 0 Å². The van der Waals surface area contributed by atoms with Gasteiger partial charge in [-0.15, -0.1) is 0 Å². The summed E-state index contributed by atoms with van der Waals surface area (Å²) >= 11 is 0. The first-order chi connectivity index (χ1) is 16.3. The second-order valence-electron chi connectivity index (χ2n) is 7.78. The molecule has 0 radical (unpaired) electrons. The van der Waals surface area contributed by atoms with Crippen LogP contribution in [0.4, 0.5) is 11.4 Å². The highest BCUT2D eigenvalue weighted by molar-refractivity contribution is 6.09. The van der Waals surface area contributed by atoms with E-state index in [1.807, 2.05) is 34.9 Å². The van der Waals surface area contributed by atoms with Crippen LogP contribution in [-0.2, 0) is 16.1 Å². The monoisotopic (exact) mass is 463 g/mol. The van der Waals surface area contributed by atoms with E-state index in [4.69, 9.17) is 9.47 Å². The minimum absolute atomic E-state index is 0.225. The van der Waals surface area contributed by atoms with Gasteiger partial charge in [0, 0.05) is 24.8 Å². The molecule has 34 heavy (non-hydrogen) atoms. The molecule has 8 nitrogen and oxygen atoms in total. The molecule has 0 saturated heterocycles. The number of hydrogen-bond acceptors (Lipinski definition) is 5. The molecule has 1 aromatic heterocycles. The third-order valence-electron chi connectivity index (χ3n) is 5.41. The molecule has 2 aromatic carbocycles. The van der Waals surface area contributed by atoms with E-state index >= 15 is 0 Å². The predicted molar refractivity (Wildman–Crippen MR) is 131 cm³/mol. The summed E-state index contributed by atoms with van der Waals surface area (Å²) in [5, 5.41) is 5.56. The van der Waals surface area contributed by atoms with Gasteiger partial charge in [0.05, 0.1) is 25.0 Å². The molecule has 0 saturated carbocycles. The molecule has 0 bridgehead atoms. The topological polar surface area (TPSA) is 98.7 Å². The van der Waals surface area contributed by atoms with Gasteiger partial charge in [0.1, 0.15) is 11.4 Å². The van der Waals surface area contributed by atoms with E-state index in [9.17, 15) is 14.4 Å². The lowest BCUT2D eigenvalue weighted by Crippen LogP contribution is -2.15. The molecular weight excluding hydrogens is 434 g/mol. The number of carbonyl (C=O) groups is 3. The number of rotatable bonds is 8. The van der Waals surface area contributed by atoms with Crippen molar-refractivity contribution in [3.05, 3.63) is 76.6 Å². The van der Waals surface area contributed by atoms with Gasteiger partial charge in [-0.05, 0) is 50.1 Å². The van der Waals surface area contributed by atoms with Gasteiger partial charge < -0.3 is 24.7 Å². The number of aromatic nitrogens is 1. The van der Waals surface area contributed by atoms with Gasteiger partial charge in [-0.3, -0.25) is 9.59 Å². The Balaban J connectivity index is 2.04. The first kappa shape index (κ1) is 24.6. The number of carbonyl (C=O) groups excluding carboxylic acids is 3. The molecule has 178 valence electrons. The summed E-state index contributed by atoms with van der Waals surface area (Å²) in [4.78, 5) is 37.7. The second-order valence-corrected chi connectivity index (χ2v) is 7.78. The molecule has 0 aliphatic rings.